The molecule has 3 N–H and O–H groups in total. The number of nitrogens with one attached hydrogen (secondary N) is 3. The van der Waals surface area contributed by atoms with Gasteiger partial charge in [0.2, 0.25) is 11.9 Å². The molecule has 4 aromatic rings. The molecule has 0 spiro atoms. The van der Waals surface area contributed by atoms with Crippen LogP contribution in [0.1, 0.15) is 5.56 Å². The Morgan fingerprint density at radius 1 is 1.03 bits per heavy atom. The second-order valence-corrected chi connectivity index (χ2v) is 7.08. The Morgan fingerprint density at radius 2 is 1.80 bits per heavy atom. The first kappa shape index (κ1) is 23.4. The Balaban J connectivity index is 1.73. The number of hydrogen-bond donors (Lipinski definition) is 3. The molecule has 2 heterocycles. The van der Waals surface area contributed by atoms with Gasteiger partial charge in [0.1, 0.15) is 23.6 Å². The van der Waals surface area contributed by atoms with Crippen molar-refractivity contribution >= 4 is 34.7 Å². The van der Waals surface area contributed by atoms with E-state index in [1.165, 1.54) is 42.9 Å². The Morgan fingerprint density at radius 3 is 2.46 bits per heavy atom. The summed E-state index contributed by atoms with van der Waals surface area (Å²) in [6, 6.07) is 8.20. The summed E-state index contributed by atoms with van der Waals surface area (Å²) in [5.41, 5.74) is 0.516. The van der Waals surface area contributed by atoms with Crippen LogP contribution in [-0.2, 0) is 11.0 Å². The Hall–Kier alpha value is -4.74. The van der Waals surface area contributed by atoms with E-state index in [1.54, 1.807) is 0 Å². The first-order valence-corrected chi connectivity index (χ1v) is 9.94. The third-order valence-corrected chi connectivity index (χ3v) is 4.67. The van der Waals surface area contributed by atoms with Crippen molar-refractivity contribution in [3.63, 3.8) is 0 Å². The van der Waals surface area contributed by atoms with Crippen LogP contribution in [0, 0.1) is 5.82 Å². The minimum absolute atomic E-state index is 0.0466. The number of anilines is 5. The van der Waals surface area contributed by atoms with Crippen LogP contribution in [-0.4, -0.2) is 21.0 Å². The maximum Gasteiger partial charge on any atom is 0.416 e. The highest BCUT2D eigenvalue weighted by molar-refractivity contribution is 5.99. The molecule has 2 aromatic heterocycles. The fourth-order valence-electron chi connectivity index (χ4n) is 3.00. The second-order valence-electron chi connectivity index (χ2n) is 7.08. The van der Waals surface area contributed by atoms with Crippen molar-refractivity contribution in [3.8, 4) is 11.1 Å². The third-order valence-electron chi connectivity index (χ3n) is 4.67. The van der Waals surface area contributed by atoms with Gasteiger partial charge in [0, 0.05) is 17.4 Å². The van der Waals surface area contributed by atoms with E-state index < -0.39 is 23.5 Å². The minimum Gasteiger partial charge on any atom is -0.363 e. The minimum atomic E-state index is -4.50. The van der Waals surface area contributed by atoms with E-state index in [0.717, 1.165) is 24.3 Å². The molecule has 12 heteroatoms. The standard InChI is InChI=1S/C23H16F4N6O2/c1-2-20(34)30-15-7-8-18(24)19(9-15)32-21-17(13-3-5-14(6-4-13)23(25,26)27)11-28-22(33-21)31-16-10-29-35-12-16/h2-12H,1H2,(H,30,34)(H2,28,31,32,33). The Kier molecular flexibility index (Phi) is 6.44. The van der Waals surface area contributed by atoms with Crippen molar-refractivity contribution in [1.82, 2.24) is 15.1 Å². The van der Waals surface area contributed by atoms with Crippen LogP contribution in [0.4, 0.5) is 46.4 Å². The number of nitrogens with zero attached hydrogens (tertiary/aromatic N) is 3. The molecule has 0 radical (unpaired) electrons. The summed E-state index contributed by atoms with van der Waals surface area (Å²) in [6.45, 7) is 3.36. The summed E-state index contributed by atoms with van der Waals surface area (Å²) in [6.07, 6.45) is 0.626. The zero-order chi connectivity index (χ0) is 25.0. The molecular weight excluding hydrogens is 468 g/mol. The third kappa shape index (κ3) is 5.61. The lowest BCUT2D eigenvalue weighted by molar-refractivity contribution is -0.137. The summed E-state index contributed by atoms with van der Waals surface area (Å²) >= 11 is 0. The summed E-state index contributed by atoms with van der Waals surface area (Å²) < 4.78 is 58.3. The number of aromatic nitrogens is 3. The largest absolute Gasteiger partial charge is 0.416 e. The zero-order valence-corrected chi connectivity index (χ0v) is 17.7. The van der Waals surface area contributed by atoms with Gasteiger partial charge in [-0.25, -0.2) is 9.37 Å². The number of carbonyl (C=O) groups is 1. The predicted molar refractivity (Wildman–Crippen MR) is 121 cm³/mol. The number of carbonyl (C=O) groups excluding carboxylic acids is 1. The van der Waals surface area contributed by atoms with Gasteiger partial charge in [0.05, 0.1) is 17.4 Å². The Labute approximate surface area is 195 Å². The molecule has 0 fully saturated rings. The fraction of sp³-hybridized carbons (Fsp3) is 0.0435. The number of amides is 1. The topological polar surface area (TPSA) is 105 Å². The highest BCUT2D eigenvalue weighted by atomic mass is 19.4. The maximum absolute atomic E-state index is 14.6. The molecule has 1 amide bonds. The number of halogens is 4. The van der Waals surface area contributed by atoms with Crippen LogP contribution in [0.3, 0.4) is 0 Å². The van der Waals surface area contributed by atoms with Crippen molar-refractivity contribution in [1.29, 1.82) is 0 Å². The molecule has 0 aliphatic rings. The van der Waals surface area contributed by atoms with Crippen LogP contribution >= 0.6 is 0 Å². The van der Waals surface area contributed by atoms with Gasteiger partial charge in [-0.2, -0.15) is 18.2 Å². The van der Waals surface area contributed by atoms with E-state index in [9.17, 15) is 22.4 Å². The van der Waals surface area contributed by atoms with Crippen LogP contribution < -0.4 is 16.0 Å². The average molecular weight is 484 g/mol. The van der Waals surface area contributed by atoms with Crippen molar-refractivity contribution in [2.45, 2.75) is 6.18 Å². The van der Waals surface area contributed by atoms with Crippen molar-refractivity contribution in [2.75, 3.05) is 16.0 Å². The zero-order valence-electron chi connectivity index (χ0n) is 17.7. The molecule has 0 saturated heterocycles. The van der Waals surface area contributed by atoms with Crippen LogP contribution in [0.2, 0.25) is 0 Å². The smallest absolute Gasteiger partial charge is 0.363 e. The second kappa shape index (κ2) is 9.63. The Bertz CT molecular complexity index is 1360. The number of hydrogen-bond acceptors (Lipinski definition) is 7. The highest BCUT2D eigenvalue weighted by Gasteiger charge is 2.30. The predicted octanol–water partition coefficient (Wildman–Crippen LogP) is 5.90. The average Bonchev–Trinajstić information content (AvgIpc) is 3.34. The fourth-order valence-corrected chi connectivity index (χ4v) is 3.00. The van der Waals surface area contributed by atoms with Gasteiger partial charge in [-0.1, -0.05) is 23.9 Å². The van der Waals surface area contributed by atoms with E-state index >= 15 is 0 Å². The first-order valence-electron chi connectivity index (χ1n) is 9.94. The van der Waals surface area contributed by atoms with E-state index in [4.69, 9.17) is 4.52 Å². The lowest BCUT2D eigenvalue weighted by Gasteiger charge is -2.15. The van der Waals surface area contributed by atoms with Gasteiger partial charge in [-0.15, -0.1) is 0 Å². The van der Waals surface area contributed by atoms with E-state index in [1.807, 2.05) is 0 Å². The van der Waals surface area contributed by atoms with Gasteiger partial charge in [0.15, 0.2) is 0 Å². The molecule has 0 atom stereocenters. The van der Waals surface area contributed by atoms with Gasteiger partial charge in [-0.05, 0) is 42.0 Å². The van der Waals surface area contributed by atoms with Gasteiger partial charge in [0.25, 0.3) is 0 Å². The molecule has 35 heavy (non-hydrogen) atoms. The van der Waals surface area contributed by atoms with Crippen molar-refractivity contribution < 1.29 is 26.9 Å². The number of rotatable bonds is 7. The van der Waals surface area contributed by atoms with Gasteiger partial charge in [-0.3, -0.25) is 4.79 Å². The summed E-state index contributed by atoms with van der Waals surface area (Å²) in [7, 11) is 0. The number of benzene rings is 2. The molecule has 2 aromatic carbocycles. The van der Waals surface area contributed by atoms with Gasteiger partial charge < -0.3 is 20.5 Å². The normalized spacial score (nSPS) is 11.1. The SMILES string of the molecule is C=CC(=O)Nc1ccc(F)c(Nc2nc(Nc3cnoc3)ncc2-c2ccc(C(F)(F)F)cc2)c1. The number of alkyl halides is 3. The van der Waals surface area contributed by atoms with E-state index in [-0.39, 0.29) is 23.1 Å². The molecule has 178 valence electrons. The maximum atomic E-state index is 14.6. The lowest BCUT2D eigenvalue weighted by atomic mass is 10.1. The molecule has 0 aliphatic carbocycles. The van der Waals surface area contributed by atoms with Gasteiger partial charge >= 0.3 is 6.18 Å². The molecular formula is C23H16F4N6O2. The molecule has 4 rings (SSSR count). The molecule has 8 nitrogen and oxygen atoms in total. The molecule has 0 aliphatic heterocycles. The molecule has 0 saturated carbocycles. The highest BCUT2D eigenvalue weighted by Crippen LogP contribution is 2.34. The van der Waals surface area contributed by atoms with E-state index in [2.05, 4.69) is 37.7 Å². The summed E-state index contributed by atoms with van der Waals surface area (Å²) in [5.74, 6) is -0.977. The summed E-state index contributed by atoms with van der Waals surface area (Å²) in [4.78, 5) is 20.1. The van der Waals surface area contributed by atoms with E-state index in [0.29, 0.717) is 16.8 Å². The van der Waals surface area contributed by atoms with Crippen LogP contribution in [0.25, 0.3) is 11.1 Å². The quantitative estimate of drug-likeness (QED) is 0.222. The molecule has 0 unspecified atom stereocenters. The van der Waals surface area contributed by atoms with Crippen LogP contribution in [0.15, 0.2) is 78.3 Å². The van der Waals surface area contributed by atoms with Crippen molar-refractivity contribution in [2.24, 2.45) is 0 Å². The molecule has 0 bridgehead atoms. The lowest BCUT2D eigenvalue weighted by Crippen LogP contribution is -2.08. The summed E-state index contributed by atoms with van der Waals surface area (Å²) in [5, 5.41) is 11.8. The monoisotopic (exact) mass is 484 g/mol. The van der Waals surface area contributed by atoms with Crippen LogP contribution in [0.5, 0.6) is 0 Å². The van der Waals surface area contributed by atoms with Crippen molar-refractivity contribution in [3.05, 3.63) is 85.2 Å². The first-order chi connectivity index (χ1) is 16.7.